The van der Waals surface area contributed by atoms with Gasteiger partial charge in [-0.25, -0.2) is 4.39 Å². The first kappa shape index (κ1) is 20.3. The number of nitrogens with zero attached hydrogens (tertiary/aromatic N) is 2. The Kier molecular flexibility index (Phi) is 7.43. The average molecular weight is 384 g/mol. The fourth-order valence-corrected chi connectivity index (χ4v) is 3.62. The van der Waals surface area contributed by atoms with Crippen LogP contribution in [0.2, 0.25) is 0 Å². The summed E-state index contributed by atoms with van der Waals surface area (Å²) in [6, 6.07) is 15.1. The molecule has 0 unspecified atom stereocenters. The fourth-order valence-electron chi connectivity index (χ4n) is 3.62. The van der Waals surface area contributed by atoms with Gasteiger partial charge >= 0.3 is 0 Å². The largest absolute Gasteiger partial charge is 0.369 e. The van der Waals surface area contributed by atoms with E-state index in [0.717, 1.165) is 44.7 Å². The van der Waals surface area contributed by atoms with Crippen LogP contribution in [0.4, 0.5) is 10.1 Å². The van der Waals surface area contributed by atoms with Crippen LogP contribution in [0, 0.1) is 12.7 Å². The first-order valence-corrected chi connectivity index (χ1v) is 10.2. The molecule has 3 rings (SSSR count). The highest BCUT2D eigenvalue weighted by molar-refractivity contribution is 5.76. The Morgan fingerprint density at radius 3 is 2.61 bits per heavy atom. The van der Waals surface area contributed by atoms with E-state index >= 15 is 0 Å². The standard InChI is InChI=1S/C23H30FN3O/c1-19-5-2-8-22(17-19)27-15-13-26(14-16-27)12-4-11-25-23(28)10-9-20-6-3-7-21(24)18-20/h2-3,5-8,17-18H,4,9-16H2,1H3,(H,25,28). The maximum atomic E-state index is 13.1. The van der Waals surface area contributed by atoms with Gasteiger partial charge in [-0.2, -0.15) is 0 Å². The predicted octanol–water partition coefficient (Wildman–Crippen LogP) is 3.40. The minimum Gasteiger partial charge on any atom is -0.369 e. The van der Waals surface area contributed by atoms with Crippen LogP contribution in [0.15, 0.2) is 48.5 Å². The van der Waals surface area contributed by atoms with Crippen LogP contribution in [0.3, 0.4) is 0 Å². The number of aryl methyl sites for hydroxylation is 2. The quantitative estimate of drug-likeness (QED) is 0.710. The summed E-state index contributed by atoms with van der Waals surface area (Å²) in [5, 5.41) is 2.98. The van der Waals surface area contributed by atoms with Crippen LogP contribution in [0.25, 0.3) is 0 Å². The molecule has 1 heterocycles. The summed E-state index contributed by atoms with van der Waals surface area (Å²) in [4.78, 5) is 16.9. The molecule has 4 nitrogen and oxygen atoms in total. The van der Waals surface area contributed by atoms with E-state index in [2.05, 4.69) is 46.3 Å². The number of carbonyl (C=O) groups excluding carboxylic acids is 1. The smallest absolute Gasteiger partial charge is 0.220 e. The molecule has 0 bridgehead atoms. The average Bonchev–Trinajstić information content (AvgIpc) is 2.70. The van der Waals surface area contributed by atoms with Crippen molar-refractivity contribution in [2.75, 3.05) is 44.2 Å². The van der Waals surface area contributed by atoms with Gasteiger partial charge in [-0.15, -0.1) is 0 Å². The van der Waals surface area contributed by atoms with Crippen molar-refractivity contribution >= 4 is 11.6 Å². The van der Waals surface area contributed by atoms with Gasteiger partial charge in [0.1, 0.15) is 5.82 Å². The first-order chi connectivity index (χ1) is 13.6. The van der Waals surface area contributed by atoms with Gasteiger partial charge < -0.3 is 10.2 Å². The lowest BCUT2D eigenvalue weighted by molar-refractivity contribution is -0.121. The van der Waals surface area contributed by atoms with Crippen molar-refractivity contribution in [3.05, 3.63) is 65.5 Å². The van der Waals surface area contributed by atoms with Crippen molar-refractivity contribution in [3.63, 3.8) is 0 Å². The number of benzene rings is 2. The highest BCUT2D eigenvalue weighted by Crippen LogP contribution is 2.17. The number of halogens is 1. The van der Waals surface area contributed by atoms with Crippen molar-refractivity contribution in [1.29, 1.82) is 0 Å². The summed E-state index contributed by atoms with van der Waals surface area (Å²) in [6.07, 6.45) is 1.93. The van der Waals surface area contributed by atoms with Crippen molar-refractivity contribution in [3.8, 4) is 0 Å². The Labute approximate surface area is 167 Å². The molecule has 0 saturated carbocycles. The third-order valence-electron chi connectivity index (χ3n) is 5.24. The van der Waals surface area contributed by atoms with Gasteiger partial charge in [0.25, 0.3) is 0 Å². The third kappa shape index (κ3) is 6.34. The molecule has 1 aliphatic heterocycles. The second-order valence-electron chi connectivity index (χ2n) is 7.50. The van der Waals surface area contributed by atoms with E-state index in [9.17, 15) is 9.18 Å². The molecule has 0 aliphatic carbocycles. The summed E-state index contributed by atoms with van der Waals surface area (Å²) in [6.45, 7) is 8.04. The number of rotatable bonds is 8. The van der Waals surface area contributed by atoms with E-state index in [0.29, 0.717) is 19.4 Å². The molecule has 150 valence electrons. The summed E-state index contributed by atoms with van der Waals surface area (Å²) >= 11 is 0. The molecule has 28 heavy (non-hydrogen) atoms. The van der Waals surface area contributed by atoms with Gasteiger partial charge in [0.05, 0.1) is 0 Å². The maximum Gasteiger partial charge on any atom is 0.220 e. The van der Waals surface area contributed by atoms with Gasteiger partial charge in [-0.1, -0.05) is 24.3 Å². The first-order valence-electron chi connectivity index (χ1n) is 10.2. The molecule has 1 aliphatic rings. The minimum absolute atomic E-state index is 0.0357. The highest BCUT2D eigenvalue weighted by atomic mass is 19.1. The molecule has 1 saturated heterocycles. The maximum absolute atomic E-state index is 13.1. The molecule has 2 aromatic rings. The van der Waals surface area contributed by atoms with Crippen LogP contribution in [0.1, 0.15) is 24.0 Å². The summed E-state index contributed by atoms with van der Waals surface area (Å²) in [7, 11) is 0. The zero-order chi connectivity index (χ0) is 19.8. The molecule has 1 N–H and O–H groups in total. The van der Waals surface area contributed by atoms with Gasteiger partial charge in [-0.05, 0) is 61.7 Å². The third-order valence-corrected chi connectivity index (χ3v) is 5.24. The molecular formula is C23H30FN3O. The number of carbonyl (C=O) groups is 1. The SMILES string of the molecule is Cc1cccc(N2CCN(CCCNC(=O)CCc3cccc(F)c3)CC2)c1. The van der Waals surface area contributed by atoms with E-state index in [1.54, 1.807) is 6.07 Å². The molecule has 0 radical (unpaired) electrons. The van der Waals surface area contributed by atoms with Crippen molar-refractivity contribution in [2.45, 2.75) is 26.2 Å². The molecule has 1 fully saturated rings. The normalized spacial score (nSPS) is 14.9. The second kappa shape index (κ2) is 10.2. The van der Waals surface area contributed by atoms with Crippen LogP contribution in [-0.4, -0.2) is 50.1 Å². The lowest BCUT2D eigenvalue weighted by atomic mass is 10.1. The number of piperazine rings is 1. The van der Waals surface area contributed by atoms with E-state index in [1.807, 2.05) is 6.07 Å². The number of hydrogen-bond acceptors (Lipinski definition) is 3. The number of anilines is 1. The van der Waals surface area contributed by atoms with E-state index in [1.165, 1.54) is 23.4 Å². The Balaban J connectivity index is 1.28. The summed E-state index contributed by atoms with van der Waals surface area (Å²) < 4.78 is 13.1. The van der Waals surface area contributed by atoms with Crippen molar-refractivity contribution < 1.29 is 9.18 Å². The molecule has 1 amide bonds. The van der Waals surface area contributed by atoms with Gasteiger partial charge in [0, 0.05) is 44.8 Å². The van der Waals surface area contributed by atoms with Gasteiger partial charge in [-0.3, -0.25) is 9.69 Å². The predicted molar refractivity (Wildman–Crippen MR) is 112 cm³/mol. The second-order valence-corrected chi connectivity index (χ2v) is 7.50. The minimum atomic E-state index is -0.250. The zero-order valence-electron chi connectivity index (χ0n) is 16.7. The Morgan fingerprint density at radius 2 is 1.86 bits per heavy atom. The summed E-state index contributed by atoms with van der Waals surface area (Å²) in [5.74, 6) is -0.214. The topological polar surface area (TPSA) is 35.6 Å². The molecule has 5 heteroatoms. The van der Waals surface area contributed by atoms with E-state index < -0.39 is 0 Å². The number of amides is 1. The van der Waals surface area contributed by atoms with Crippen molar-refractivity contribution in [1.82, 2.24) is 10.2 Å². The van der Waals surface area contributed by atoms with Crippen LogP contribution in [0.5, 0.6) is 0 Å². The molecule has 2 aromatic carbocycles. The zero-order valence-corrected chi connectivity index (χ0v) is 16.7. The van der Waals surface area contributed by atoms with E-state index in [4.69, 9.17) is 0 Å². The van der Waals surface area contributed by atoms with Crippen LogP contribution < -0.4 is 10.2 Å². The molecular weight excluding hydrogens is 353 g/mol. The Morgan fingerprint density at radius 1 is 1.07 bits per heavy atom. The molecule has 0 aromatic heterocycles. The van der Waals surface area contributed by atoms with Crippen LogP contribution >= 0.6 is 0 Å². The van der Waals surface area contributed by atoms with Crippen molar-refractivity contribution in [2.24, 2.45) is 0 Å². The lowest BCUT2D eigenvalue weighted by Gasteiger charge is -2.36. The number of hydrogen-bond donors (Lipinski definition) is 1. The molecule has 0 spiro atoms. The Bertz CT molecular complexity index is 772. The monoisotopic (exact) mass is 383 g/mol. The lowest BCUT2D eigenvalue weighted by Crippen LogP contribution is -2.47. The van der Waals surface area contributed by atoms with Gasteiger partial charge in [0.15, 0.2) is 0 Å². The summed E-state index contributed by atoms with van der Waals surface area (Å²) in [5.41, 5.74) is 3.47. The fraction of sp³-hybridized carbons (Fsp3) is 0.435. The number of nitrogens with one attached hydrogen (secondary N) is 1. The van der Waals surface area contributed by atoms with Gasteiger partial charge in [0.2, 0.25) is 5.91 Å². The van der Waals surface area contributed by atoms with E-state index in [-0.39, 0.29) is 11.7 Å². The Hall–Kier alpha value is -2.40. The molecule has 0 atom stereocenters. The highest BCUT2D eigenvalue weighted by Gasteiger charge is 2.16. The van der Waals surface area contributed by atoms with Crippen LogP contribution in [-0.2, 0) is 11.2 Å².